The topological polar surface area (TPSA) is 61.4 Å². The molecule has 1 unspecified atom stereocenters. The minimum atomic E-state index is -0.297. The van der Waals surface area contributed by atoms with Gasteiger partial charge >= 0.3 is 0 Å². The monoisotopic (exact) mass is 276 g/mol. The summed E-state index contributed by atoms with van der Waals surface area (Å²) in [5.41, 5.74) is 2.00. The van der Waals surface area contributed by atoms with E-state index in [0.29, 0.717) is 6.54 Å². The lowest BCUT2D eigenvalue weighted by atomic mass is 10.1. The number of hydrogen-bond acceptors (Lipinski definition) is 3. The van der Waals surface area contributed by atoms with Crippen molar-refractivity contribution in [2.45, 2.75) is 45.3 Å². The van der Waals surface area contributed by atoms with Gasteiger partial charge in [-0.2, -0.15) is 0 Å². The Labute approximate surface area is 120 Å². The Kier molecular flexibility index (Phi) is 5.15. The third kappa shape index (κ3) is 4.32. The van der Waals surface area contributed by atoms with Crippen LogP contribution in [0.4, 0.5) is 5.69 Å². The summed E-state index contributed by atoms with van der Waals surface area (Å²) in [6.07, 6.45) is 2.50. The minimum absolute atomic E-state index is 0.134. The van der Waals surface area contributed by atoms with Gasteiger partial charge in [-0.25, -0.2) is 0 Å². The van der Waals surface area contributed by atoms with E-state index in [9.17, 15) is 9.90 Å². The van der Waals surface area contributed by atoms with Gasteiger partial charge in [0.1, 0.15) is 0 Å². The Balaban J connectivity index is 1.85. The van der Waals surface area contributed by atoms with Gasteiger partial charge in [0.15, 0.2) is 0 Å². The largest absolute Gasteiger partial charge is 0.392 e. The van der Waals surface area contributed by atoms with E-state index in [2.05, 4.69) is 17.6 Å². The van der Waals surface area contributed by atoms with Crippen LogP contribution < -0.4 is 10.6 Å². The highest BCUT2D eigenvalue weighted by molar-refractivity contribution is 5.93. The SMILES string of the molecule is CC[C@@H](O)CNC(C)c1ccc(NC(=O)C2CC2)cc1. The highest BCUT2D eigenvalue weighted by Gasteiger charge is 2.29. The van der Waals surface area contributed by atoms with Crippen LogP contribution >= 0.6 is 0 Å². The normalized spacial score (nSPS) is 17.6. The molecule has 2 atom stereocenters. The minimum Gasteiger partial charge on any atom is -0.392 e. The molecule has 1 aromatic rings. The van der Waals surface area contributed by atoms with E-state index < -0.39 is 0 Å². The molecular weight excluding hydrogens is 252 g/mol. The van der Waals surface area contributed by atoms with E-state index in [1.165, 1.54) is 0 Å². The predicted molar refractivity (Wildman–Crippen MR) is 80.5 cm³/mol. The third-order valence-electron chi connectivity index (χ3n) is 3.76. The smallest absolute Gasteiger partial charge is 0.227 e. The summed E-state index contributed by atoms with van der Waals surface area (Å²) in [4.78, 5) is 11.7. The van der Waals surface area contributed by atoms with E-state index in [4.69, 9.17) is 0 Å². The van der Waals surface area contributed by atoms with Gasteiger partial charge in [-0.1, -0.05) is 19.1 Å². The quantitative estimate of drug-likeness (QED) is 0.717. The molecule has 0 heterocycles. The molecule has 1 aromatic carbocycles. The molecular formula is C16H24N2O2. The van der Waals surface area contributed by atoms with Crippen molar-refractivity contribution in [3.8, 4) is 0 Å². The van der Waals surface area contributed by atoms with Crippen LogP contribution in [-0.4, -0.2) is 23.7 Å². The molecule has 4 heteroatoms. The van der Waals surface area contributed by atoms with Crippen LogP contribution in [0.1, 0.15) is 44.7 Å². The summed E-state index contributed by atoms with van der Waals surface area (Å²) in [6, 6.07) is 8.08. The fraction of sp³-hybridized carbons (Fsp3) is 0.562. The standard InChI is InChI=1S/C16H24N2O2/c1-3-15(19)10-17-11(2)12-6-8-14(9-7-12)18-16(20)13-4-5-13/h6-9,11,13,15,17,19H,3-5,10H2,1-2H3,(H,18,20)/t11?,15-/m1/s1. The fourth-order valence-electron chi connectivity index (χ4n) is 2.02. The van der Waals surface area contributed by atoms with Gasteiger partial charge in [0.2, 0.25) is 5.91 Å². The van der Waals surface area contributed by atoms with E-state index in [1.807, 2.05) is 31.2 Å². The first kappa shape index (κ1) is 15.0. The molecule has 20 heavy (non-hydrogen) atoms. The first-order valence-electron chi connectivity index (χ1n) is 7.42. The second-order valence-electron chi connectivity index (χ2n) is 5.58. The van der Waals surface area contributed by atoms with E-state index in [0.717, 1.165) is 30.5 Å². The number of rotatable bonds is 7. The Morgan fingerprint density at radius 1 is 1.35 bits per heavy atom. The maximum absolute atomic E-state index is 11.7. The van der Waals surface area contributed by atoms with E-state index in [1.54, 1.807) is 0 Å². The molecule has 0 saturated heterocycles. The fourth-order valence-corrected chi connectivity index (χ4v) is 2.02. The zero-order valence-corrected chi connectivity index (χ0v) is 12.2. The molecule has 110 valence electrons. The maximum Gasteiger partial charge on any atom is 0.227 e. The summed E-state index contributed by atoms with van der Waals surface area (Å²) in [7, 11) is 0. The number of amides is 1. The van der Waals surface area contributed by atoms with Crippen LogP contribution in [0.2, 0.25) is 0 Å². The van der Waals surface area contributed by atoms with Crippen molar-refractivity contribution in [3.63, 3.8) is 0 Å². The Hall–Kier alpha value is -1.39. The van der Waals surface area contributed by atoms with E-state index >= 15 is 0 Å². The Bertz CT molecular complexity index is 440. The number of aliphatic hydroxyl groups excluding tert-OH is 1. The number of hydrogen-bond donors (Lipinski definition) is 3. The van der Waals surface area contributed by atoms with E-state index in [-0.39, 0.29) is 24.0 Å². The zero-order chi connectivity index (χ0) is 14.5. The number of anilines is 1. The summed E-state index contributed by atoms with van der Waals surface area (Å²) in [6.45, 7) is 4.63. The first-order chi connectivity index (χ1) is 9.60. The second-order valence-corrected chi connectivity index (χ2v) is 5.58. The lowest BCUT2D eigenvalue weighted by Gasteiger charge is -2.17. The van der Waals surface area contributed by atoms with Crippen molar-refractivity contribution in [3.05, 3.63) is 29.8 Å². The number of benzene rings is 1. The lowest BCUT2D eigenvalue weighted by molar-refractivity contribution is -0.117. The van der Waals surface area contributed by atoms with Crippen LogP contribution in [0.25, 0.3) is 0 Å². The van der Waals surface area contributed by atoms with Crippen molar-refractivity contribution in [1.82, 2.24) is 5.32 Å². The summed E-state index contributed by atoms with van der Waals surface area (Å²) >= 11 is 0. The van der Waals surface area contributed by atoms with Crippen molar-refractivity contribution < 1.29 is 9.90 Å². The van der Waals surface area contributed by atoms with Gasteiger partial charge in [0.05, 0.1) is 6.10 Å². The van der Waals surface area contributed by atoms with Crippen LogP contribution in [0.5, 0.6) is 0 Å². The zero-order valence-electron chi connectivity index (χ0n) is 12.2. The Morgan fingerprint density at radius 2 is 2.00 bits per heavy atom. The molecule has 1 aliphatic rings. The molecule has 0 bridgehead atoms. The van der Waals surface area contributed by atoms with Gasteiger partial charge in [-0.05, 0) is 43.9 Å². The lowest BCUT2D eigenvalue weighted by Crippen LogP contribution is -2.28. The van der Waals surface area contributed by atoms with Gasteiger partial charge in [0, 0.05) is 24.2 Å². The second kappa shape index (κ2) is 6.86. The van der Waals surface area contributed by atoms with Crippen LogP contribution in [0.3, 0.4) is 0 Å². The number of carbonyl (C=O) groups is 1. The molecule has 3 N–H and O–H groups in total. The van der Waals surface area contributed by atoms with Gasteiger partial charge in [-0.15, -0.1) is 0 Å². The van der Waals surface area contributed by atoms with Crippen LogP contribution in [-0.2, 0) is 4.79 Å². The molecule has 0 aromatic heterocycles. The number of aliphatic hydroxyl groups is 1. The molecule has 1 saturated carbocycles. The summed E-state index contributed by atoms with van der Waals surface area (Å²) < 4.78 is 0. The van der Waals surface area contributed by atoms with Crippen LogP contribution in [0.15, 0.2) is 24.3 Å². The maximum atomic E-state index is 11.7. The predicted octanol–water partition coefficient (Wildman–Crippen LogP) is 2.46. The molecule has 0 spiro atoms. The summed E-state index contributed by atoms with van der Waals surface area (Å²) in [5, 5.41) is 15.8. The highest BCUT2D eigenvalue weighted by atomic mass is 16.3. The average molecular weight is 276 g/mol. The van der Waals surface area contributed by atoms with Gasteiger partial charge < -0.3 is 15.7 Å². The third-order valence-corrected chi connectivity index (χ3v) is 3.76. The molecule has 2 rings (SSSR count). The van der Waals surface area contributed by atoms with Crippen molar-refractivity contribution >= 4 is 11.6 Å². The molecule has 0 radical (unpaired) electrons. The van der Waals surface area contributed by atoms with Crippen molar-refractivity contribution in [1.29, 1.82) is 0 Å². The van der Waals surface area contributed by atoms with Gasteiger partial charge in [0.25, 0.3) is 0 Å². The number of carbonyl (C=O) groups excluding carboxylic acids is 1. The van der Waals surface area contributed by atoms with Crippen molar-refractivity contribution in [2.24, 2.45) is 5.92 Å². The molecule has 1 amide bonds. The summed E-state index contributed by atoms with van der Waals surface area (Å²) in [5.74, 6) is 0.362. The highest BCUT2D eigenvalue weighted by Crippen LogP contribution is 2.30. The van der Waals surface area contributed by atoms with Crippen LogP contribution in [0, 0.1) is 5.92 Å². The molecule has 1 fully saturated rings. The number of nitrogens with one attached hydrogen (secondary N) is 2. The first-order valence-corrected chi connectivity index (χ1v) is 7.42. The molecule has 4 nitrogen and oxygen atoms in total. The average Bonchev–Trinajstić information content (AvgIpc) is 3.29. The van der Waals surface area contributed by atoms with Gasteiger partial charge in [-0.3, -0.25) is 4.79 Å². The van der Waals surface area contributed by atoms with Crippen molar-refractivity contribution in [2.75, 3.05) is 11.9 Å². The molecule has 1 aliphatic carbocycles. The Morgan fingerprint density at radius 3 is 2.55 bits per heavy atom. The molecule has 0 aliphatic heterocycles.